The van der Waals surface area contributed by atoms with Crippen molar-refractivity contribution in [3.8, 4) is 5.75 Å². The molecule has 1 N–H and O–H groups in total. The summed E-state index contributed by atoms with van der Waals surface area (Å²) in [6.45, 7) is 6.15. The maximum atomic E-state index is 6.18. The minimum Gasteiger partial charge on any atom is -0.492 e. The molecule has 0 amide bonds. The van der Waals surface area contributed by atoms with Crippen LogP contribution in [0.1, 0.15) is 44.6 Å². The number of hydrogen-bond acceptors (Lipinski definition) is 2. The van der Waals surface area contributed by atoms with Gasteiger partial charge in [0.15, 0.2) is 0 Å². The Morgan fingerprint density at radius 1 is 1.35 bits per heavy atom. The van der Waals surface area contributed by atoms with E-state index in [1.54, 1.807) is 0 Å². The highest BCUT2D eigenvalue weighted by Crippen LogP contribution is 2.30. The average molecular weight is 296 g/mol. The van der Waals surface area contributed by atoms with E-state index in [1.807, 2.05) is 25.1 Å². The summed E-state index contributed by atoms with van der Waals surface area (Å²) >= 11 is 6.18. The maximum absolute atomic E-state index is 6.18. The molecular formula is C17H26ClNO. The van der Waals surface area contributed by atoms with Crippen LogP contribution in [0.25, 0.3) is 0 Å². The van der Waals surface area contributed by atoms with Crippen molar-refractivity contribution in [1.29, 1.82) is 0 Å². The summed E-state index contributed by atoms with van der Waals surface area (Å²) in [7, 11) is 0. The molecule has 112 valence electrons. The van der Waals surface area contributed by atoms with Gasteiger partial charge in [-0.1, -0.05) is 31.0 Å². The molecule has 0 saturated heterocycles. The van der Waals surface area contributed by atoms with Crippen LogP contribution >= 0.6 is 11.6 Å². The van der Waals surface area contributed by atoms with Gasteiger partial charge in [0, 0.05) is 6.04 Å². The van der Waals surface area contributed by atoms with Crippen molar-refractivity contribution in [2.75, 3.05) is 13.2 Å². The molecule has 1 saturated carbocycles. The number of ether oxygens (including phenoxy) is 1. The van der Waals surface area contributed by atoms with Gasteiger partial charge in [-0.05, 0) is 62.8 Å². The highest BCUT2D eigenvalue weighted by Gasteiger charge is 2.26. The lowest BCUT2D eigenvalue weighted by atomic mass is 10.00. The normalized spacial score (nSPS) is 22.1. The molecule has 0 aliphatic heterocycles. The van der Waals surface area contributed by atoms with Gasteiger partial charge in [0.1, 0.15) is 5.75 Å². The van der Waals surface area contributed by atoms with Crippen molar-refractivity contribution in [3.05, 3.63) is 28.8 Å². The fraction of sp³-hybridized carbons (Fsp3) is 0.647. The van der Waals surface area contributed by atoms with Crippen molar-refractivity contribution < 1.29 is 4.74 Å². The Bertz CT molecular complexity index is 421. The Morgan fingerprint density at radius 2 is 2.20 bits per heavy atom. The Labute approximate surface area is 127 Å². The van der Waals surface area contributed by atoms with Crippen molar-refractivity contribution in [1.82, 2.24) is 5.32 Å². The number of halogens is 1. The van der Waals surface area contributed by atoms with E-state index in [-0.39, 0.29) is 0 Å². The lowest BCUT2D eigenvalue weighted by Gasteiger charge is -2.21. The molecule has 2 atom stereocenters. The molecule has 3 heteroatoms. The lowest BCUT2D eigenvalue weighted by Crippen LogP contribution is -2.33. The molecule has 2 unspecified atom stereocenters. The summed E-state index contributed by atoms with van der Waals surface area (Å²) in [5.41, 5.74) is 1.17. The van der Waals surface area contributed by atoms with E-state index < -0.39 is 0 Å². The fourth-order valence-corrected chi connectivity index (χ4v) is 3.31. The van der Waals surface area contributed by atoms with Gasteiger partial charge >= 0.3 is 0 Å². The quantitative estimate of drug-likeness (QED) is 0.794. The van der Waals surface area contributed by atoms with Crippen molar-refractivity contribution in [2.45, 2.75) is 52.0 Å². The van der Waals surface area contributed by atoms with Gasteiger partial charge in [0.25, 0.3) is 0 Å². The van der Waals surface area contributed by atoms with Crippen LogP contribution in [-0.4, -0.2) is 19.2 Å². The van der Waals surface area contributed by atoms with E-state index in [0.717, 1.165) is 36.3 Å². The zero-order valence-electron chi connectivity index (χ0n) is 12.6. The second-order valence-electron chi connectivity index (χ2n) is 5.82. The predicted molar refractivity (Wildman–Crippen MR) is 85.7 cm³/mol. The number of rotatable bonds is 7. The van der Waals surface area contributed by atoms with Crippen LogP contribution in [0.5, 0.6) is 5.75 Å². The zero-order valence-corrected chi connectivity index (χ0v) is 13.4. The van der Waals surface area contributed by atoms with Gasteiger partial charge in [-0.2, -0.15) is 0 Å². The summed E-state index contributed by atoms with van der Waals surface area (Å²) in [5, 5.41) is 4.39. The van der Waals surface area contributed by atoms with Crippen LogP contribution in [0.4, 0.5) is 0 Å². The van der Waals surface area contributed by atoms with Gasteiger partial charge in [-0.3, -0.25) is 0 Å². The van der Waals surface area contributed by atoms with E-state index in [4.69, 9.17) is 16.3 Å². The van der Waals surface area contributed by atoms with Crippen molar-refractivity contribution >= 4 is 11.6 Å². The minimum atomic E-state index is 0.687. The Kier molecular flexibility index (Phi) is 6.18. The first kappa shape index (κ1) is 15.7. The largest absolute Gasteiger partial charge is 0.492 e. The van der Waals surface area contributed by atoms with Crippen LogP contribution in [0, 0.1) is 12.8 Å². The molecule has 20 heavy (non-hydrogen) atoms. The second-order valence-corrected chi connectivity index (χ2v) is 6.23. The van der Waals surface area contributed by atoms with Gasteiger partial charge in [-0.15, -0.1) is 0 Å². The van der Waals surface area contributed by atoms with Crippen LogP contribution in [0.3, 0.4) is 0 Å². The van der Waals surface area contributed by atoms with Crippen LogP contribution in [-0.2, 0) is 0 Å². The predicted octanol–water partition coefficient (Wildman–Crippen LogP) is 4.59. The number of benzene rings is 1. The smallest absolute Gasteiger partial charge is 0.137 e. The summed E-state index contributed by atoms with van der Waals surface area (Å²) in [5.74, 6) is 1.57. The van der Waals surface area contributed by atoms with E-state index in [9.17, 15) is 0 Å². The van der Waals surface area contributed by atoms with E-state index in [2.05, 4.69) is 12.2 Å². The highest BCUT2D eigenvalue weighted by molar-refractivity contribution is 6.32. The molecule has 1 aromatic carbocycles. The molecule has 0 spiro atoms. The molecule has 1 aliphatic rings. The van der Waals surface area contributed by atoms with Gasteiger partial charge in [0.05, 0.1) is 11.6 Å². The first-order chi connectivity index (χ1) is 9.70. The molecular weight excluding hydrogens is 270 g/mol. The molecule has 2 rings (SSSR count). The second kappa shape index (κ2) is 7.90. The van der Waals surface area contributed by atoms with Crippen molar-refractivity contribution in [2.24, 2.45) is 5.92 Å². The molecule has 0 aromatic heterocycles. The minimum absolute atomic E-state index is 0.687. The molecule has 0 heterocycles. The SMILES string of the molecule is CCCNC1CCCC1CCOc1ccc(C)cc1Cl. The molecule has 1 aromatic rings. The lowest BCUT2D eigenvalue weighted by molar-refractivity contribution is 0.260. The fourth-order valence-electron chi connectivity index (χ4n) is 3.02. The highest BCUT2D eigenvalue weighted by atomic mass is 35.5. The first-order valence-corrected chi connectivity index (χ1v) is 8.21. The Morgan fingerprint density at radius 3 is 2.95 bits per heavy atom. The van der Waals surface area contributed by atoms with Gasteiger partial charge in [0.2, 0.25) is 0 Å². The van der Waals surface area contributed by atoms with Crippen molar-refractivity contribution in [3.63, 3.8) is 0 Å². The van der Waals surface area contributed by atoms with E-state index in [0.29, 0.717) is 6.04 Å². The molecule has 0 radical (unpaired) electrons. The molecule has 1 aliphatic carbocycles. The zero-order chi connectivity index (χ0) is 14.4. The molecule has 2 nitrogen and oxygen atoms in total. The Balaban J connectivity index is 1.77. The maximum Gasteiger partial charge on any atom is 0.137 e. The standard InChI is InChI=1S/C17H26ClNO/c1-3-10-19-16-6-4-5-14(16)9-11-20-17-8-7-13(2)12-15(17)18/h7-8,12,14,16,19H,3-6,9-11H2,1-2H3. The van der Waals surface area contributed by atoms with Gasteiger partial charge < -0.3 is 10.1 Å². The first-order valence-electron chi connectivity index (χ1n) is 7.83. The van der Waals surface area contributed by atoms with Crippen LogP contribution in [0.2, 0.25) is 5.02 Å². The van der Waals surface area contributed by atoms with E-state index in [1.165, 1.54) is 31.2 Å². The van der Waals surface area contributed by atoms with Crippen LogP contribution < -0.4 is 10.1 Å². The van der Waals surface area contributed by atoms with E-state index >= 15 is 0 Å². The third kappa shape index (κ3) is 4.39. The third-order valence-electron chi connectivity index (χ3n) is 4.15. The summed E-state index contributed by atoms with van der Waals surface area (Å²) < 4.78 is 5.85. The Hall–Kier alpha value is -0.730. The summed E-state index contributed by atoms with van der Waals surface area (Å²) in [6, 6.07) is 6.66. The average Bonchev–Trinajstić information content (AvgIpc) is 2.86. The summed E-state index contributed by atoms with van der Waals surface area (Å²) in [4.78, 5) is 0. The number of hydrogen-bond donors (Lipinski definition) is 1. The third-order valence-corrected chi connectivity index (χ3v) is 4.44. The van der Waals surface area contributed by atoms with Crippen LogP contribution in [0.15, 0.2) is 18.2 Å². The topological polar surface area (TPSA) is 21.3 Å². The van der Waals surface area contributed by atoms with Gasteiger partial charge in [-0.25, -0.2) is 0 Å². The molecule has 1 fully saturated rings. The monoisotopic (exact) mass is 295 g/mol. The molecule has 0 bridgehead atoms. The number of aryl methyl sites for hydroxylation is 1. The summed E-state index contributed by atoms with van der Waals surface area (Å²) in [6.07, 6.45) is 6.31. The number of nitrogens with one attached hydrogen (secondary N) is 1.